The van der Waals surface area contributed by atoms with Crippen molar-refractivity contribution in [3.63, 3.8) is 0 Å². The fraction of sp³-hybridized carbons (Fsp3) is 0.733. The van der Waals surface area contributed by atoms with Gasteiger partial charge in [0.15, 0.2) is 0 Å². The molecule has 1 aromatic heterocycles. The summed E-state index contributed by atoms with van der Waals surface area (Å²) in [5, 5.41) is 4.11. The molecule has 1 N–H and O–H groups in total. The highest BCUT2D eigenvalue weighted by Crippen LogP contribution is 2.41. The van der Waals surface area contributed by atoms with Crippen molar-refractivity contribution in [1.29, 1.82) is 0 Å². The number of rotatable bonds is 5. The Balaban J connectivity index is 2.13. The lowest BCUT2D eigenvalue weighted by Crippen LogP contribution is -2.26. The largest absolute Gasteiger partial charge is 0.369 e. The first kappa shape index (κ1) is 14.6. The predicted molar refractivity (Wildman–Crippen MR) is 80.8 cm³/mol. The van der Waals surface area contributed by atoms with Gasteiger partial charge in [-0.15, -0.1) is 0 Å². The molecule has 3 nitrogen and oxygen atoms in total. The smallest absolute Gasteiger partial charge is 0.138 e. The first-order chi connectivity index (χ1) is 9.08. The van der Waals surface area contributed by atoms with E-state index < -0.39 is 0 Å². The highest BCUT2D eigenvalue weighted by molar-refractivity contribution is 6.30. The van der Waals surface area contributed by atoms with E-state index in [4.69, 9.17) is 11.6 Å². The molecular formula is C15H24ClN3. The van der Waals surface area contributed by atoms with Gasteiger partial charge < -0.3 is 5.32 Å². The fourth-order valence-electron chi connectivity index (χ4n) is 3.08. The summed E-state index contributed by atoms with van der Waals surface area (Å²) in [5.41, 5.74) is 1.49. The van der Waals surface area contributed by atoms with E-state index in [0.717, 1.165) is 17.9 Å². The Bertz CT molecular complexity index is 425. The molecule has 0 amide bonds. The van der Waals surface area contributed by atoms with E-state index in [2.05, 4.69) is 36.1 Å². The summed E-state index contributed by atoms with van der Waals surface area (Å²) in [7, 11) is 0. The average Bonchev–Trinajstić information content (AvgIpc) is 2.85. The highest BCUT2D eigenvalue weighted by atomic mass is 35.5. The Morgan fingerprint density at radius 2 is 2.00 bits per heavy atom. The highest BCUT2D eigenvalue weighted by Gasteiger charge is 2.32. The minimum atomic E-state index is 0.331. The van der Waals surface area contributed by atoms with Crippen molar-refractivity contribution in [2.24, 2.45) is 5.41 Å². The third kappa shape index (κ3) is 3.19. The second-order valence-corrected chi connectivity index (χ2v) is 6.35. The molecule has 1 heterocycles. The molecule has 1 saturated carbocycles. The van der Waals surface area contributed by atoms with E-state index in [1.165, 1.54) is 32.1 Å². The zero-order valence-corrected chi connectivity index (χ0v) is 12.9. The first-order valence-corrected chi connectivity index (χ1v) is 7.70. The van der Waals surface area contributed by atoms with Crippen LogP contribution in [0, 0.1) is 5.41 Å². The SMILES string of the molecule is CCC1(CNc2ncnc(Cl)c2C(C)C)CCCC1. The Labute approximate surface area is 121 Å². The van der Waals surface area contributed by atoms with Gasteiger partial charge in [0.2, 0.25) is 0 Å². The van der Waals surface area contributed by atoms with E-state index in [-0.39, 0.29) is 0 Å². The number of hydrogen-bond acceptors (Lipinski definition) is 3. The summed E-state index contributed by atoms with van der Waals surface area (Å²) in [4.78, 5) is 8.47. The van der Waals surface area contributed by atoms with Crippen LogP contribution in [0.1, 0.15) is 64.4 Å². The van der Waals surface area contributed by atoms with Crippen LogP contribution in [0.5, 0.6) is 0 Å². The van der Waals surface area contributed by atoms with Crippen LogP contribution in [0.4, 0.5) is 5.82 Å². The Morgan fingerprint density at radius 3 is 2.58 bits per heavy atom. The van der Waals surface area contributed by atoms with Gasteiger partial charge in [-0.3, -0.25) is 0 Å². The van der Waals surface area contributed by atoms with Gasteiger partial charge in [-0.2, -0.15) is 0 Å². The van der Waals surface area contributed by atoms with Gasteiger partial charge in [0.05, 0.1) is 0 Å². The molecule has 1 aliphatic rings. The van der Waals surface area contributed by atoms with Crippen LogP contribution in [-0.2, 0) is 0 Å². The molecule has 0 spiro atoms. The van der Waals surface area contributed by atoms with E-state index in [1.54, 1.807) is 6.33 Å². The zero-order valence-electron chi connectivity index (χ0n) is 12.2. The molecule has 1 aliphatic carbocycles. The van der Waals surface area contributed by atoms with Crippen LogP contribution in [0.25, 0.3) is 0 Å². The maximum Gasteiger partial charge on any atom is 0.138 e. The topological polar surface area (TPSA) is 37.8 Å². The normalized spacial score (nSPS) is 17.9. The van der Waals surface area contributed by atoms with Crippen molar-refractivity contribution >= 4 is 17.4 Å². The van der Waals surface area contributed by atoms with Crippen molar-refractivity contribution in [3.8, 4) is 0 Å². The second kappa shape index (κ2) is 6.08. The Hall–Kier alpha value is -0.830. The molecule has 0 unspecified atom stereocenters. The van der Waals surface area contributed by atoms with Gasteiger partial charge in [0.1, 0.15) is 17.3 Å². The van der Waals surface area contributed by atoms with Crippen LogP contribution >= 0.6 is 11.6 Å². The van der Waals surface area contributed by atoms with Crippen LogP contribution in [0.2, 0.25) is 5.15 Å². The van der Waals surface area contributed by atoms with Crippen molar-refractivity contribution in [2.75, 3.05) is 11.9 Å². The van der Waals surface area contributed by atoms with Crippen LogP contribution in [0.3, 0.4) is 0 Å². The fourth-order valence-corrected chi connectivity index (χ4v) is 3.43. The second-order valence-electron chi connectivity index (χ2n) is 6.00. The van der Waals surface area contributed by atoms with Gasteiger partial charge in [-0.25, -0.2) is 9.97 Å². The van der Waals surface area contributed by atoms with Gasteiger partial charge in [0, 0.05) is 12.1 Å². The molecule has 0 radical (unpaired) electrons. The summed E-state index contributed by atoms with van der Waals surface area (Å²) in [6.45, 7) is 7.54. The molecule has 0 aliphatic heterocycles. The number of halogens is 1. The first-order valence-electron chi connectivity index (χ1n) is 7.32. The lowest BCUT2D eigenvalue weighted by molar-refractivity contribution is 0.306. The molecule has 0 aromatic carbocycles. The molecule has 0 atom stereocenters. The van der Waals surface area contributed by atoms with Crippen LogP contribution in [-0.4, -0.2) is 16.5 Å². The number of anilines is 1. The third-order valence-corrected chi connectivity index (χ3v) is 4.76. The minimum Gasteiger partial charge on any atom is -0.369 e. The molecular weight excluding hydrogens is 258 g/mol. The van der Waals surface area contributed by atoms with Crippen LogP contribution in [0.15, 0.2) is 6.33 Å². The maximum absolute atomic E-state index is 6.20. The summed E-state index contributed by atoms with van der Waals surface area (Å²) < 4.78 is 0. The van der Waals surface area contributed by atoms with Gasteiger partial charge in [-0.05, 0) is 30.6 Å². The van der Waals surface area contributed by atoms with Crippen LogP contribution < -0.4 is 5.32 Å². The summed E-state index contributed by atoms with van der Waals surface area (Å²) in [5.74, 6) is 1.24. The summed E-state index contributed by atoms with van der Waals surface area (Å²) in [6, 6.07) is 0. The van der Waals surface area contributed by atoms with E-state index in [0.29, 0.717) is 16.5 Å². The number of nitrogens with zero attached hydrogens (tertiary/aromatic N) is 2. The van der Waals surface area contributed by atoms with Crippen molar-refractivity contribution in [1.82, 2.24) is 9.97 Å². The summed E-state index contributed by atoms with van der Waals surface area (Å²) >= 11 is 6.20. The molecule has 106 valence electrons. The minimum absolute atomic E-state index is 0.331. The van der Waals surface area contributed by atoms with E-state index in [9.17, 15) is 0 Å². The quantitative estimate of drug-likeness (QED) is 0.799. The van der Waals surface area contributed by atoms with Gasteiger partial charge >= 0.3 is 0 Å². The van der Waals surface area contributed by atoms with Crippen molar-refractivity contribution in [3.05, 3.63) is 17.0 Å². The molecule has 4 heteroatoms. The van der Waals surface area contributed by atoms with E-state index >= 15 is 0 Å². The van der Waals surface area contributed by atoms with Crippen molar-refractivity contribution in [2.45, 2.75) is 58.8 Å². The monoisotopic (exact) mass is 281 g/mol. The number of nitrogens with one attached hydrogen (secondary N) is 1. The number of hydrogen-bond donors (Lipinski definition) is 1. The van der Waals surface area contributed by atoms with E-state index in [1.807, 2.05) is 0 Å². The van der Waals surface area contributed by atoms with Gasteiger partial charge in [-0.1, -0.05) is 45.2 Å². The Morgan fingerprint density at radius 1 is 1.32 bits per heavy atom. The molecule has 2 rings (SSSR count). The Kier molecular flexibility index (Phi) is 4.67. The van der Waals surface area contributed by atoms with Gasteiger partial charge in [0.25, 0.3) is 0 Å². The van der Waals surface area contributed by atoms with Crippen molar-refractivity contribution < 1.29 is 0 Å². The third-order valence-electron chi connectivity index (χ3n) is 4.46. The zero-order chi connectivity index (χ0) is 13.9. The lowest BCUT2D eigenvalue weighted by Gasteiger charge is -2.28. The molecule has 1 aromatic rings. The molecule has 19 heavy (non-hydrogen) atoms. The standard InChI is InChI=1S/C15H24ClN3/c1-4-15(7-5-6-8-15)9-17-14-12(11(2)3)13(16)18-10-19-14/h10-11H,4-9H2,1-3H3,(H,17,18,19). The average molecular weight is 282 g/mol. The lowest BCUT2D eigenvalue weighted by atomic mass is 9.83. The molecule has 0 saturated heterocycles. The number of aromatic nitrogens is 2. The summed E-state index contributed by atoms with van der Waals surface area (Å²) in [6.07, 6.45) is 8.15. The molecule has 1 fully saturated rings. The predicted octanol–water partition coefficient (Wildman–Crippen LogP) is 4.64. The maximum atomic E-state index is 6.20. The molecule has 0 bridgehead atoms.